The largest absolute Gasteiger partial charge is 0.389 e. The minimum Gasteiger partial charge on any atom is -0.389 e. The van der Waals surface area contributed by atoms with Crippen molar-refractivity contribution in [2.24, 2.45) is 5.41 Å². The summed E-state index contributed by atoms with van der Waals surface area (Å²) in [5.74, 6) is 0. The molecule has 1 aliphatic carbocycles. The van der Waals surface area contributed by atoms with E-state index >= 15 is 0 Å². The maximum Gasteiger partial charge on any atom is 0.0762 e. The van der Waals surface area contributed by atoms with Crippen LogP contribution in [0, 0.1) is 5.41 Å². The molecule has 1 aliphatic heterocycles. The Bertz CT molecular complexity index is 484. The number of hydrogen-bond donors (Lipinski definition) is 1. The van der Waals surface area contributed by atoms with Gasteiger partial charge in [0.2, 0.25) is 0 Å². The summed E-state index contributed by atoms with van der Waals surface area (Å²) in [5.41, 5.74) is 2.91. The number of aliphatic hydroxyl groups is 1. The summed E-state index contributed by atoms with van der Waals surface area (Å²) in [5, 5.41) is 9.68. The molecule has 1 saturated heterocycles. The normalized spacial score (nSPS) is 23.3. The molecule has 3 rings (SSSR count). The lowest BCUT2D eigenvalue weighted by atomic mass is 9.68. The molecule has 1 aromatic carbocycles. The van der Waals surface area contributed by atoms with Gasteiger partial charge in [0.25, 0.3) is 0 Å². The first kappa shape index (κ1) is 15.4. The molecule has 0 radical (unpaired) electrons. The maximum atomic E-state index is 9.68. The van der Waals surface area contributed by atoms with E-state index < -0.39 is 6.10 Å². The average molecular weight is 352 g/mol. The predicted octanol–water partition coefficient (Wildman–Crippen LogP) is 5.05. The quantitative estimate of drug-likeness (QED) is 0.805. The number of anilines is 1. The molecule has 21 heavy (non-hydrogen) atoms. The van der Waals surface area contributed by atoms with Crippen LogP contribution in [-0.2, 0) is 0 Å². The summed E-state index contributed by atoms with van der Waals surface area (Å²) in [6, 6.07) is 6.27. The van der Waals surface area contributed by atoms with Gasteiger partial charge >= 0.3 is 0 Å². The van der Waals surface area contributed by atoms with Crippen molar-refractivity contribution in [1.82, 2.24) is 0 Å². The highest BCUT2D eigenvalue weighted by atomic mass is 79.9. The van der Waals surface area contributed by atoms with Crippen molar-refractivity contribution < 1.29 is 5.11 Å². The maximum absolute atomic E-state index is 9.68. The first-order chi connectivity index (χ1) is 10.1. The van der Waals surface area contributed by atoms with E-state index in [4.69, 9.17) is 0 Å². The SMILES string of the molecule is C[C@@H](O)c1ccc(N2CCC3(CCCCC3)CC2)c(Br)c1. The van der Waals surface area contributed by atoms with Crippen LogP contribution in [0.25, 0.3) is 0 Å². The zero-order valence-corrected chi connectivity index (χ0v) is 14.5. The van der Waals surface area contributed by atoms with Crippen LogP contribution in [0.5, 0.6) is 0 Å². The lowest BCUT2D eigenvalue weighted by Crippen LogP contribution is -2.41. The second-order valence-corrected chi connectivity index (χ2v) is 7.79. The van der Waals surface area contributed by atoms with Crippen LogP contribution in [0.1, 0.15) is 63.5 Å². The van der Waals surface area contributed by atoms with Crippen LogP contribution in [0.4, 0.5) is 5.69 Å². The van der Waals surface area contributed by atoms with Gasteiger partial charge in [0, 0.05) is 17.6 Å². The lowest BCUT2D eigenvalue weighted by molar-refractivity contribution is 0.144. The minimum atomic E-state index is -0.401. The first-order valence-corrected chi connectivity index (χ1v) is 9.11. The smallest absolute Gasteiger partial charge is 0.0762 e. The second-order valence-electron chi connectivity index (χ2n) is 6.93. The Morgan fingerprint density at radius 1 is 1.10 bits per heavy atom. The van der Waals surface area contributed by atoms with Gasteiger partial charge in [-0.15, -0.1) is 0 Å². The van der Waals surface area contributed by atoms with E-state index in [9.17, 15) is 5.11 Å². The van der Waals surface area contributed by atoms with Crippen LogP contribution in [0.3, 0.4) is 0 Å². The Morgan fingerprint density at radius 2 is 1.76 bits per heavy atom. The monoisotopic (exact) mass is 351 g/mol. The number of benzene rings is 1. The number of piperidine rings is 1. The fourth-order valence-corrected chi connectivity index (χ4v) is 4.71. The fraction of sp³-hybridized carbons (Fsp3) is 0.667. The molecule has 0 aromatic heterocycles. The highest BCUT2D eigenvalue weighted by molar-refractivity contribution is 9.10. The van der Waals surface area contributed by atoms with E-state index in [2.05, 4.69) is 39.0 Å². The van der Waals surface area contributed by atoms with Gasteiger partial charge in [0.15, 0.2) is 0 Å². The van der Waals surface area contributed by atoms with E-state index in [1.54, 1.807) is 0 Å². The highest BCUT2D eigenvalue weighted by Gasteiger charge is 2.35. The van der Waals surface area contributed by atoms with Crippen LogP contribution in [0.15, 0.2) is 22.7 Å². The third kappa shape index (κ3) is 3.29. The fourth-order valence-electron chi connectivity index (χ4n) is 4.06. The van der Waals surface area contributed by atoms with E-state index in [0.717, 1.165) is 10.0 Å². The molecular formula is C18H26BrNO. The number of nitrogens with zero attached hydrogens (tertiary/aromatic N) is 1. The Morgan fingerprint density at radius 3 is 2.33 bits per heavy atom. The third-order valence-corrected chi connectivity index (χ3v) is 6.17. The molecule has 2 fully saturated rings. The van der Waals surface area contributed by atoms with E-state index in [1.807, 2.05) is 6.92 Å². The Hall–Kier alpha value is -0.540. The molecule has 1 heterocycles. The summed E-state index contributed by atoms with van der Waals surface area (Å²) in [7, 11) is 0. The summed E-state index contributed by atoms with van der Waals surface area (Å²) in [6.45, 7) is 4.16. The van der Waals surface area contributed by atoms with Crippen molar-refractivity contribution in [2.45, 2.75) is 58.0 Å². The molecule has 2 aliphatic rings. The predicted molar refractivity (Wildman–Crippen MR) is 91.7 cm³/mol. The number of hydrogen-bond acceptors (Lipinski definition) is 2. The van der Waals surface area contributed by atoms with E-state index in [-0.39, 0.29) is 0 Å². The molecule has 116 valence electrons. The van der Waals surface area contributed by atoms with Gasteiger partial charge in [-0.3, -0.25) is 0 Å². The van der Waals surface area contributed by atoms with Gasteiger partial charge in [-0.2, -0.15) is 0 Å². The molecule has 1 spiro atoms. The van der Waals surface area contributed by atoms with Gasteiger partial charge in [0.1, 0.15) is 0 Å². The van der Waals surface area contributed by atoms with Gasteiger partial charge in [-0.1, -0.05) is 25.3 Å². The first-order valence-electron chi connectivity index (χ1n) is 8.32. The van der Waals surface area contributed by atoms with Crippen molar-refractivity contribution in [1.29, 1.82) is 0 Å². The topological polar surface area (TPSA) is 23.5 Å². The minimum absolute atomic E-state index is 0.401. The van der Waals surface area contributed by atoms with E-state index in [1.165, 1.54) is 63.7 Å². The van der Waals surface area contributed by atoms with Crippen molar-refractivity contribution in [3.8, 4) is 0 Å². The molecule has 0 bridgehead atoms. The molecule has 0 unspecified atom stereocenters. The molecule has 2 nitrogen and oxygen atoms in total. The average Bonchev–Trinajstić information content (AvgIpc) is 2.49. The van der Waals surface area contributed by atoms with Crippen molar-refractivity contribution in [2.75, 3.05) is 18.0 Å². The van der Waals surface area contributed by atoms with Crippen LogP contribution in [-0.4, -0.2) is 18.2 Å². The van der Waals surface area contributed by atoms with Crippen LogP contribution < -0.4 is 4.90 Å². The van der Waals surface area contributed by atoms with Gasteiger partial charge in [-0.25, -0.2) is 0 Å². The summed E-state index contributed by atoms with van der Waals surface area (Å²) >= 11 is 3.69. The van der Waals surface area contributed by atoms with Gasteiger partial charge in [0.05, 0.1) is 11.8 Å². The molecule has 1 atom stereocenters. The molecule has 1 N–H and O–H groups in total. The standard InChI is InChI=1S/C18H26BrNO/c1-14(21)15-5-6-17(16(19)13-15)20-11-9-18(10-12-20)7-3-2-4-8-18/h5-6,13-14,21H,2-4,7-12H2,1H3/t14-/m1/s1. The molecule has 1 saturated carbocycles. The zero-order chi connectivity index (χ0) is 14.9. The summed E-state index contributed by atoms with van der Waals surface area (Å²) in [6.07, 6.45) is 9.50. The van der Waals surface area contributed by atoms with Crippen molar-refractivity contribution >= 4 is 21.6 Å². The molecular weight excluding hydrogens is 326 g/mol. The van der Waals surface area contributed by atoms with Crippen LogP contribution in [0.2, 0.25) is 0 Å². The summed E-state index contributed by atoms with van der Waals surface area (Å²) < 4.78 is 1.11. The van der Waals surface area contributed by atoms with Crippen LogP contribution >= 0.6 is 15.9 Å². The summed E-state index contributed by atoms with van der Waals surface area (Å²) in [4.78, 5) is 2.51. The zero-order valence-electron chi connectivity index (χ0n) is 12.9. The van der Waals surface area contributed by atoms with Crippen molar-refractivity contribution in [3.63, 3.8) is 0 Å². The number of aliphatic hydroxyl groups excluding tert-OH is 1. The number of rotatable bonds is 2. The Labute approximate surface area is 136 Å². The molecule has 1 aromatic rings. The second kappa shape index (κ2) is 6.29. The highest BCUT2D eigenvalue weighted by Crippen LogP contribution is 2.45. The lowest BCUT2D eigenvalue weighted by Gasteiger charge is -2.45. The van der Waals surface area contributed by atoms with E-state index in [0.29, 0.717) is 5.41 Å². The molecule has 0 amide bonds. The van der Waals surface area contributed by atoms with Gasteiger partial charge < -0.3 is 10.0 Å². The third-order valence-electron chi connectivity index (χ3n) is 5.53. The van der Waals surface area contributed by atoms with Crippen molar-refractivity contribution in [3.05, 3.63) is 28.2 Å². The number of halogens is 1. The molecule has 3 heteroatoms. The Kier molecular flexibility index (Phi) is 4.60. The van der Waals surface area contributed by atoms with Gasteiger partial charge in [-0.05, 0) is 71.6 Å². The Balaban J connectivity index is 1.69.